The Bertz CT molecular complexity index is 782. The number of anilines is 2. The molecule has 2 aromatic heterocycles. The van der Waals surface area contributed by atoms with Crippen LogP contribution in [0.1, 0.15) is 5.69 Å². The van der Waals surface area contributed by atoms with E-state index < -0.39 is 0 Å². The lowest BCUT2D eigenvalue weighted by atomic mass is 10.3. The molecule has 0 aliphatic heterocycles. The van der Waals surface area contributed by atoms with Crippen LogP contribution in [0.15, 0.2) is 41.8 Å². The molecule has 7 heteroatoms. The van der Waals surface area contributed by atoms with E-state index in [0.717, 1.165) is 20.6 Å². The summed E-state index contributed by atoms with van der Waals surface area (Å²) in [5.41, 5.74) is 1.49. The van der Waals surface area contributed by atoms with E-state index in [1.54, 1.807) is 35.6 Å². The van der Waals surface area contributed by atoms with Gasteiger partial charge in [0.15, 0.2) is 0 Å². The normalized spacial score (nSPS) is 10.5. The molecule has 3 aromatic rings. The number of hydrogen-bond donors (Lipinski definition) is 2. The summed E-state index contributed by atoms with van der Waals surface area (Å²) in [7, 11) is 0. The van der Waals surface area contributed by atoms with Crippen LogP contribution in [0, 0.1) is 6.92 Å². The van der Waals surface area contributed by atoms with E-state index in [9.17, 15) is 4.79 Å². The molecule has 0 spiro atoms. The van der Waals surface area contributed by atoms with Crippen molar-refractivity contribution in [2.24, 2.45) is 0 Å². The molecule has 0 bridgehead atoms. The van der Waals surface area contributed by atoms with Gasteiger partial charge < -0.3 is 5.32 Å². The average Bonchev–Trinajstić information content (AvgIpc) is 3.12. The van der Waals surface area contributed by atoms with Gasteiger partial charge in [0, 0.05) is 10.7 Å². The molecule has 2 amide bonds. The summed E-state index contributed by atoms with van der Waals surface area (Å²) < 4.78 is 0. The van der Waals surface area contributed by atoms with Crippen molar-refractivity contribution in [1.29, 1.82) is 0 Å². The van der Waals surface area contributed by atoms with Crippen LogP contribution in [0.2, 0.25) is 5.02 Å². The van der Waals surface area contributed by atoms with E-state index in [1.165, 1.54) is 11.3 Å². The van der Waals surface area contributed by atoms with Gasteiger partial charge in [-0.1, -0.05) is 29.0 Å². The summed E-state index contributed by atoms with van der Waals surface area (Å²) in [4.78, 5) is 17.6. The standard InChI is InChI=1S/C15H12ClN3OS2/c1-9-13(22-14(17-9)12-3-2-8-21-12)19-15(20)18-11-6-4-10(16)5-7-11/h2-8H,1H3,(H2,18,19,20). The van der Waals surface area contributed by atoms with Crippen molar-refractivity contribution >= 4 is 51.0 Å². The van der Waals surface area contributed by atoms with Crippen LogP contribution in [0.3, 0.4) is 0 Å². The van der Waals surface area contributed by atoms with Crippen molar-refractivity contribution in [3.8, 4) is 9.88 Å². The van der Waals surface area contributed by atoms with Crippen molar-refractivity contribution in [2.45, 2.75) is 6.92 Å². The zero-order valence-electron chi connectivity index (χ0n) is 11.6. The third-order valence-corrected chi connectivity index (χ3v) is 5.22. The Morgan fingerprint density at radius 3 is 2.64 bits per heavy atom. The van der Waals surface area contributed by atoms with E-state index in [2.05, 4.69) is 15.6 Å². The van der Waals surface area contributed by atoms with Gasteiger partial charge in [0.25, 0.3) is 0 Å². The van der Waals surface area contributed by atoms with E-state index in [-0.39, 0.29) is 6.03 Å². The predicted octanol–water partition coefficient (Wildman–Crippen LogP) is 5.48. The number of nitrogens with one attached hydrogen (secondary N) is 2. The lowest BCUT2D eigenvalue weighted by molar-refractivity contribution is 0.262. The fourth-order valence-corrected chi connectivity index (χ4v) is 3.70. The second kappa shape index (κ2) is 6.48. The molecule has 3 rings (SSSR count). The Labute approximate surface area is 140 Å². The monoisotopic (exact) mass is 349 g/mol. The van der Waals surface area contributed by atoms with Crippen molar-refractivity contribution in [2.75, 3.05) is 10.6 Å². The molecule has 0 saturated heterocycles. The number of aromatic nitrogens is 1. The number of halogens is 1. The highest BCUT2D eigenvalue weighted by Gasteiger charge is 2.12. The quantitative estimate of drug-likeness (QED) is 0.658. The summed E-state index contributed by atoms with van der Waals surface area (Å²) in [5, 5.41) is 9.89. The van der Waals surface area contributed by atoms with Gasteiger partial charge in [-0.2, -0.15) is 0 Å². The zero-order chi connectivity index (χ0) is 15.5. The Hall–Kier alpha value is -1.89. The number of thiazole rings is 1. The van der Waals surface area contributed by atoms with Crippen LogP contribution >= 0.6 is 34.3 Å². The molecule has 112 valence electrons. The maximum Gasteiger partial charge on any atom is 0.324 e. The summed E-state index contributed by atoms with van der Waals surface area (Å²) >= 11 is 8.91. The van der Waals surface area contributed by atoms with Crippen LogP contribution in [0.25, 0.3) is 9.88 Å². The molecule has 0 atom stereocenters. The van der Waals surface area contributed by atoms with Gasteiger partial charge in [-0.25, -0.2) is 9.78 Å². The van der Waals surface area contributed by atoms with E-state index in [1.807, 2.05) is 24.4 Å². The molecule has 1 aromatic carbocycles. The summed E-state index contributed by atoms with van der Waals surface area (Å²) in [6, 6.07) is 10.6. The maximum atomic E-state index is 12.0. The van der Waals surface area contributed by atoms with Crippen molar-refractivity contribution in [3.63, 3.8) is 0 Å². The lowest BCUT2D eigenvalue weighted by Crippen LogP contribution is -2.19. The van der Waals surface area contributed by atoms with E-state index >= 15 is 0 Å². The van der Waals surface area contributed by atoms with Gasteiger partial charge in [-0.3, -0.25) is 5.32 Å². The molecule has 0 saturated carbocycles. The van der Waals surface area contributed by atoms with Gasteiger partial charge in [0.05, 0.1) is 10.6 Å². The fourth-order valence-electron chi connectivity index (χ4n) is 1.82. The van der Waals surface area contributed by atoms with Crippen LogP contribution in [-0.4, -0.2) is 11.0 Å². The first-order valence-corrected chi connectivity index (χ1v) is 8.54. The number of thiophene rings is 1. The Morgan fingerprint density at radius 1 is 1.18 bits per heavy atom. The van der Waals surface area contributed by atoms with Gasteiger partial charge >= 0.3 is 6.03 Å². The number of aryl methyl sites for hydroxylation is 1. The van der Waals surface area contributed by atoms with Crippen LogP contribution in [0.4, 0.5) is 15.5 Å². The minimum Gasteiger partial charge on any atom is -0.308 e. The first-order chi connectivity index (χ1) is 10.6. The number of carbonyl (C=O) groups excluding carboxylic acids is 1. The number of amides is 2. The summed E-state index contributed by atoms with van der Waals surface area (Å²) in [5.74, 6) is 0. The highest BCUT2D eigenvalue weighted by atomic mass is 35.5. The third-order valence-electron chi connectivity index (χ3n) is 2.86. The zero-order valence-corrected chi connectivity index (χ0v) is 14.0. The minimum atomic E-state index is -0.299. The van der Waals surface area contributed by atoms with Gasteiger partial charge in [-0.05, 0) is 42.6 Å². The first kappa shape index (κ1) is 15.0. The largest absolute Gasteiger partial charge is 0.324 e. The van der Waals surface area contributed by atoms with Crippen molar-refractivity contribution < 1.29 is 4.79 Å². The predicted molar refractivity (Wildman–Crippen MR) is 94.3 cm³/mol. The molecule has 0 unspecified atom stereocenters. The van der Waals surface area contributed by atoms with Crippen molar-refractivity contribution in [1.82, 2.24) is 4.98 Å². The van der Waals surface area contributed by atoms with Crippen LogP contribution in [-0.2, 0) is 0 Å². The fraction of sp³-hybridized carbons (Fsp3) is 0.0667. The molecule has 0 aliphatic rings. The third kappa shape index (κ3) is 3.47. The first-order valence-electron chi connectivity index (χ1n) is 6.47. The van der Waals surface area contributed by atoms with E-state index in [4.69, 9.17) is 11.6 Å². The maximum absolute atomic E-state index is 12.0. The number of rotatable bonds is 3. The molecule has 22 heavy (non-hydrogen) atoms. The summed E-state index contributed by atoms with van der Waals surface area (Å²) in [6.45, 7) is 1.88. The number of urea groups is 1. The SMILES string of the molecule is Cc1nc(-c2cccs2)sc1NC(=O)Nc1ccc(Cl)cc1. The summed E-state index contributed by atoms with van der Waals surface area (Å²) in [6.07, 6.45) is 0. The minimum absolute atomic E-state index is 0.299. The second-order valence-corrected chi connectivity index (χ2v) is 6.88. The molecule has 2 heterocycles. The molecule has 0 radical (unpaired) electrons. The molecule has 0 fully saturated rings. The smallest absolute Gasteiger partial charge is 0.308 e. The van der Waals surface area contributed by atoms with Crippen LogP contribution in [0.5, 0.6) is 0 Å². The number of benzene rings is 1. The second-order valence-electron chi connectivity index (χ2n) is 4.50. The molecule has 2 N–H and O–H groups in total. The Morgan fingerprint density at radius 2 is 1.95 bits per heavy atom. The van der Waals surface area contributed by atoms with Crippen molar-refractivity contribution in [3.05, 3.63) is 52.5 Å². The lowest BCUT2D eigenvalue weighted by Gasteiger charge is -2.06. The number of nitrogens with zero attached hydrogens (tertiary/aromatic N) is 1. The molecular formula is C15H12ClN3OS2. The Kier molecular flexibility index (Phi) is 4.42. The Balaban J connectivity index is 1.70. The van der Waals surface area contributed by atoms with Gasteiger partial charge in [0.2, 0.25) is 0 Å². The van der Waals surface area contributed by atoms with E-state index in [0.29, 0.717) is 10.7 Å². The van der Waals surface area contributed by atoms with Gasteiger partial charge in [-0.15, -0.1) is 11.3 Å². The highest BCUT2D eigenvalue weighted by Crippen LogP contribution is 2.34. The topological polar surface area (TPSA) is 54.0 Å². The number of carbonyl (C=O) groups is 1. The number of hydrogen-bond acceptors (Lipinski definition) is 4. The van der Waals surface area contributed by atoms with Crippen LogP contribution < -0.4 is 10.6 Å². The molecule has 4 nitrogen and oxygen atoms in total. The molecule has 0 aliphatic carbocycles. The average molecular weight is 350 g/mol. The molecular weight excluding hydrogens is 338 g/mol. The van der Waals surface area contributed by atoms with Gasteiger partial charge in [0.1, 0.15) is 10.0 Å². The highest BCUT2D eigenvalue weighted by molar-refractivity contribution is 7.23.